The molecule has 0 aliphatic heterocycles. The Hall–Kier alpha value is -1.95. The molecular weight excluding hydrogens is 222 g/mol. The third-order valence-electron chi connectivity index (χ3n) is 2.38. The lowest BCUT2D eigenvalue weighted by Crippen LogP contribution is -2.35. The van der Waals surface area contributed by atoms with E-state index in [0.29, 0.717) is 6.42 Å². The van der Waals surface area contributed by atoms with Gasteiger partial charge in [-0.3, -0.25) is 14.9 Å². The molecule has 17 heavy (non-hydrogen) atoms. The van der Waals surface area contributed by atoms with Crippen molar-refractivity contribution in [1.82, 2.24) is 0 Å². The van der Waals surface area contributed by atoms with E-state index in [2.05, 4.69) is 5.32 Å². The van der Waals surface area contributed by atoms with Gasteiger partial charge in [-0.1, -0.05) is 13.0 Å². The summed E-state index contributed by atoms with van der Waals surface area (Å²) in [5.74, 6) is -0.416. The highest BCUT2D eigenvalue weighted by Gasteiger charge is 2.18. The summed E-state index contributed by atoms with van der Waals surface area (Å²) in [7, 11) is 0. The maximum Gasteiger partial charge on any atom is 0.292 e. The number of carbonyl (C=O) groups is 1. The first kappa shape index (κ1) is 13.1. The number of carbonyl (C=O) groups excluding carboxylic acids is 1. The van der Waals surface area contributed by atoms with Crippen molar-refractivity contribution < 1.29 is 9.72 Å². The Kier molecular flexibility index (Phi) is 4.17. The van der Waals surface area contributed by atoms with Gasteiger partial charge < -0.3 is 11.1 Å². The van der Waals surface area contributed by atoms with Gasteiger partial charge >= 0.3 is 0 Å². The Morgan fingerprint density at radius 1 is 1.59 bits per heavy atom. The zero-order chi connectivity index (χ0) is 13.0. The van der Waals surface area contributed by atoms with Crippen molar-refractivity contribution in [3.63, 3.8) is 0 Å². The number of hydrogen-bond donors (Lipinski definition) is 2. The molecule has 1 rings (SSSR count). The minimum Gasteiger partial charge on any atom is -0.320 e. The molecule has 1 aromatic rings. The fraction of sp³-hybridized carbons (Fsp3) is 0.364. The number of nitrogens with zero attached hydrogens (tertiary/aromatic N) is 1. The molecule has 3 N–H and O–H groups in total. The second-order valence-electron chi connectivity index (χ2n) is 3.78. The number of nitro groups is 1. The van der Waals surface area contributed by atoms with Crippen molar-refractivity contribution in [3.05, 3.63) is 33.9 Å². The molecule has 6 nitrogen and oxygen atoms in total. The molecule has 1 unspecified atom stereocenters. The van der Waals surface area contributed by atoms with Crippen molar-refractivity contribution in [2.75, 3.05) is 5.32 Å². The van der Waals surface area contributed by atoms with Crippen LogP contribution in [0.3, 0.4) is 0 Å². The van der Waals surface area contributed by atoms with Crippen LogP contribution in [0, 0.1) is 17.0 Å². The Morgan fingerprint density at radius 2 is 2.24 bits per heavy atom. The summed E-state index contributed by atoms with van der Waals surface area (Å²) in [6, 6.07) is 3.88. The van der Waals surface area contributed by atoms with Gasteiger partial charge in [-0.2, -0.15) is 0 Å². The van der Waals surface area contributed by atoms with Gasteiger partial charge in [0.05, 0.1) is 11.0 Å². The maximum atomic E-state index is 11.6. The maximum absolute atomic E-state index is 11.6. The van der Waals surface area contributed by atoms with Gasteiger partial charge in [0.25, 0.3) is 5.69 Å². The Balaban J connectivity index is 3.00. The zero-order valence-electron chi connectivity index (χ0n) is 9.77. The number of rotatable bonds is 4. The summed E-state index contributed by atoms with van der Waals surface area (Å²) in [4.78, 5) is 21.8. The van der Waals surface area contributed by atoms with Crippen LogP contribution in [0.25, 0.3) is 0 Å². The minimum absolute atomic E-state index is 0.132. The van der Waals surface area contributed by atoms with E-state index in [0.717, 1.165) is 5.56 Å². The van der Waals surface area contributed by atoms with E-state index in [4.69, 9.17) is 5.73 Å². The highest BCUT2D eigenvalue weighted by atomic mass is 16.6. The molecule has 1 aromatic carbocycles. The first-order valence-corrected chi connectivity index (χ1v) is 5.27. The van der Waals surface area contributed by atoms with E-state index in [1.54, 1.807) is 26.0 Å². The molecule has 0 radical (unpaired) electrons. The van der Waals surface area contributed by atoms with Crippen molar-refractivity contribution in [2.24, 2.45) is 5.73 Å². The predicted octanol–water partition coefficient (Wildman–Crippen LogP) is 1.58. The summed E-state index contributed by atoms with van der Waals surface area (Å²) in [6.07, 6.45) is 0.478. The van der Waals surface area contributed by atoms with E-state index in [1.807, 2.05) is 0 Å². The van der Waals surface area contributed by atoms with Crippen molar-refractivity contribution in [3.8, 4) is 0 Å². The van der Waals surface area contributed by atoms with Crippen LogP contribution in [0.15, 0.2) is 18.2 Å². The average Bonchev–Trinajstić information content (AvgIpc) is 2.27. The second kappa shape index (κ2) is 5.40. The normalized spacial score (nSPS) is 11.9. The lowest BCUT2D eigenvalue weighted by Gasteiger charge is -2.10. The monoisotopic (exact) mass is 237 g/mol. The lowest BCUT2D eigenvalue weighted by atomic mass is 10.1. The molecule has 0 saturated carbocycles. The second-order valence-corrected chi connectivity index (χ2v) is 3.78. The summed E-state index contributed by atoms with van der Waals surface area (Å²) >= 11 is 0. The number of benzene rings is 1. The molecule has 0 spiro atoms. The number of nitrogens with two attached hydrogens (primary N) is 1. The quantitative estimate of drug-likeness (QED) is 0.613. The van der Waals surface area contributed by atoms with Crippen LogP contribution < -0.4 is 11.1 Å². The van der Waals surface area contributed by atoms with Crippen molar-refractivity contribution >= 4 is 17.3 Å². The van der Waals surface area contributed by atoms with Crippen molar-refractivity contribution in [2.45, 2.75) is 26.3 Å². The molecule has 0 aliphatic carbocycles. The zero-order valence-corrected chi connectivity index (χ0v) is 9.77. The largest absolute Gasteiger partial charge is 0.320 e. The summed E-state index contributed by atoms with van der Waals surface area (Å²) < 4.78 is 0. The first-order valence-electron chi connectivity index (χ1n) is 5.27. The van der Waals surface area contributed by atoms with Gasteiger partial charge in [0.2, 0.25) is 5.91 Å². The molecule has 0 aromatic heterocycles. The standard InChI is InChI=1S/C11H15N3O3/c1-3-8(12)11(15)13-9-6-7(2)4-5-10(9)14(16)17/h4-6,8H,3,12H2,1-2H3,(H,13,15). The molecule has 0 aliphatic rings. The molecule has 6 heteroatoms. The highest BCUT2D eigenvalue weighted by Crippen LogP contribution is 2.25. The molecule has 0 saturated heterocycles. The number of hydrogen-bond acceptors (Lipinski definition) is 4. The predicted molar refractivity (Wildman–Crippen MR) is 64.7 cm³/mol. The molecule has 0 bridgehead atoms. The summed E-state index contributed by atoms with van der Waals surface area (Å²) in [5.41, 5.74) is 6.43. The molecule has 0 fully saturated rings. The van der Waals surface area contributed by atoms with E-state index in [-0.39, 0.29) is 11.4 Å². The van der Waals surface area contributed by atoms with Gasteiger partial charge in [-0.15, -0.1) is 0 Å². The Labute approximate surface area is 99.0 Å². The number of amides is 1. The van der Waals surface area contributed by atoms with E-state index >= 15 is 0 Å². The fourth-order valence-corrected chi connectivity index (χ4v) is 1.32. The summed E-state index contributed by atoms with van der Waals surface area (Å²) in [5, 5.41) is 13.3. The number of anilines is 1. The third kappa shape index (κ3) is 3.25. The molecule has 1 amide bonds. The minimum atomic E-state index is -0.657. The average molecular weight is 237 g/mol. The van der Waals surface area contributed by atoms with Crippen LogP contribution in [0.4, 0.5) is 11.4 Å². The Bertz CT molecular complexity index is 446. The van der Waals surface area contributed by atoms with Gasteiger partial charge in [-0.25, -0.2) is 0 Å². The van der Waals surface area contributed by atoms with Crippen LogP contribution in [0.1, 0.15) is 18.9 Å². The SMILES string of the molecule is CCC(N)C(=O)Nc1cc(C)ccc1[N+](=O)[O-]. The Morgan fingerprint density at radius 3 is 2.76 bits per heavy atom. The van der Waals surface area contributed by atoms with Gasteiger partial charge in [0.1, 0.15) is 5.69 Å². The molecule has 92 valence electrons. The fourth-order valence-electron chi connectivity index (χ4n) is 1.32. The van der Waals surface area contributed by atoms with Crippen LogP contribution >= 0.6 is 0 Å². The highest BCUT2D eigenvalue weighted by molar-refractivity contribution is 5.96. The lowest BCUT2D eigenvalue weighted by molar-refractivity contribution is -0.383. The number of nitrogens with one attached hydrogen (secondary N) is 1. The first-order chi connectivity index (χ1) is 7.95. The van der Waals surface area contributed by atoms with Crippen LogP contribution in [-0.2, 0) is 4.79 Å². The number of nitro benzene ring substituents is 1. The smallest absolute Gasteiger partial charge is 0.292 e. The number of aryl methyl sites for hydroxylation is 1. The van der Waals surface area contributed by atoms with Gasteiger partial charge in [0.15, 0.2) is 0 Å². The van der Waals surface area contributed by atoms with E-state index in [1.165, 1.54) is 6.07 Å². The molecular formula is C11H15N3O3. The topological polar surface area (TPSA) is 98.3 Å². The van der Waals surface area contributed by atoms with E-state index < -0.39 is 16.9 Å². The van der Waals surface area contributed by atoms with Crippen molar-refractivity contribution in [1.29, 1.82) is 0 Å². The third-order valence-corrected chi connectivity index (χ3v) is 2.38. The van der Waals surface area contributed by atoms with Crippen LogP contribution in [0.5, 0.6) is 0 Å². The van der Waals surface area contributed by atoms with E-state index in [9.17, 15) is 14.9 Å². The molecule has 1 atom stereocenters. The summed E-state index contributed by atoms with van der Waals surface area (Å²) in [6.45, 7) is 3.56. The molecule has 0 heterocycles. The van der Waals surface area contributed by atoms with Crippen LogP contribution in [0.2, 0.25) is 0 Å². The van der Waals surface area contributed by atoms with Gasteiger partial charge in [-0.05, 0) is 25.0 Å². The van der Waals surface area contributed by atoms with Crippen LogP contribution in [-0.4, -0.2) is 16.9 Å². The van der Waals surface area contributed by atoms with Gasteiger partial charge in [0, 0.05) is 6.07 Å².